The summed E-state index contributed by atoms with van der Waals surface area (Å²) in [5.74, 6) is 0.406. The first kappa shape index (κ1) is 12.8. The number of anilines is 1. The minimum Gasteiger partial charge on any atom is -0.375 e. The van der Waals surface area contributed by atoms with Crippen molar-refractivity contribution in [1.29, 1.82) is 0 Å². The molecule has 0 bridgehead atoms. The maximum absolute atomic E-state index is 12.0. The van der Waals surface area contributed by atoms with Crippen LogP contribution >= 0.6 is 0 Å². The summed E-state index contributed by atoms with van der Waals surface area (Å²) in [6.07, 6.45) is 5.59. The molecule has 1 N–H and O–H groups in total. The Balaban J connectivity index is 1.84. The summed E-state index contributed by atoms with van der Waals surface area (Å²) < 4.78 is 7.10. The SMILES string of the molecule is C=C(C)COCCNc1nccn(C2CC2)c1=O. The summed E-state index contributed by atoms with van der Waals surface area (Å²) in [5, 5.41) is 3.01. The van der Waals surface area contributed by atoms with E-state index in [1.807, 2.05) is 6.92 Å². The lowest BCUT2D eigenvalue weighted by Crippen LogP contribution is -2.25. The standard InChI is InChI=1S/C13H19N3O2/c1-10(2)9-18-8-6-15-12-13(17)16(7-5-14-12)11-3-4-11/h5,7,11H,1,3-4,6,8-9H2,2H3,(H,14,15). The lowest BCUT2D eigenvalue weighted by Gasteiger charge is -2.08. The van der Waals surface area contributed by atoms with Crippen LogP contribution in [0.3, 0.4) is 0 Å². The quantitative estimate of drug-likeness (QED) is 0.589. The van der Waals surface area contributed by atoms with Crippen molar-refractivity contribution in [2.24, 2.45) is 0 Å². The zero-order chi connectivity index (χ0) is 13.0. The molecule has 0 aliphatic heterocycles. The molecule has 0 saturated heterocycles. The van der Waals surface area contributed by atoms with Crippen LogP contribution < -0.4 is 10.9 Å². The second-order valence-electron chi connectivity index (χ2n) is 4.66. The first-order valence-electron chi connectivity index (χ1n) is 6.21. The van der Waals surface area contributed by atoms with Gasteiger partial charge in [-0.05, 0) is 19.8 Å². The maximum Gasteiger partial charge on any atom is 0.293 e. The van der Waals surface area contributed by atoms with Crippen molar-refractivity contribution in [3.05, 3.63) is 34.9 Å². The molecule has 0 amide bonds. The number of nitrogens with one attached hydrogen (secondary N) is 1. The van der Waals surface area contributed by atoms with E-state index in [0.717, 1.165) is 18.4 Å². The third-order valence-electron chi connectivity index (χ3n) is 2.70. The zero-order valence-electron chi connectivity index (χ0n) is 10.7. The highest BCUT2D eigenvalue weighted by Gasteiger charge is 2.25. The molecule has 1 aliphatic carbocycles. The number of nitrogens with zero attached hydrogens (tertiary/aromatic N) is 2. The average Bonchev–Trinajstić information content (AvgIpc) is 3.14. The molecule has 1 saturated carbocycles. The van der Waals surface area contributed by atoms with Gasteiger partial charge in [0, 0.05) is 25.0 Å². The highest BCUT2D eigenvalue weighted by molar-refractivity contribution is 5.31. The molecule has 1 aliphatic rings. The Bertz CT molecular complexity index is 477. The molecule has 5 nitrogen and oxygen atoms in total. The topological polar surface area (TPSA) is 56.1 Å². The van der Waals surface area contributed by atoms with Gasteiger partial charge in [-0.25, -0.2) is 4.98 Å². The molecule has 5 heteroatoms. The van der Waals surface area contributed by atoms with Crippen LogP contribution in [0.15, 0.2) is 29.3 Å². The van der Waals surface area contributed by atoms with Gasteiger partial charge >= 0.3 is 0 Å². The third kappa shape index (κ3) is 3.43. The summed E-state index contributed by atoms with van der Waals surface area (Å²) in [6.45, 7) is 7.33. The van der Waals surface area contributed by atoms with Crippen molar-refractivity contribution in [2.75, 3.05) is 25.1 Å². The van der Waals surface area contributed by atoms with E-state index in [1.54, 1.807) is 17.0 Å². The first-order chi connectivity index (χ1) is 8.68. The van der Waals surface area contributed by atoms with Crippen LogP contribution in [0.2, 0.25) is 0 Å². The van der Waals surface area contributed by atoms with E-state index in [4.69, 9.17) is 4.74 Å². The van der Waals surface area contributed by atoms with Crippen LogP contribution in [-0.4, -0.2) is 29.3 Å². The summed E-state index contributed by atoms with van der Waals surface area (Å²) in [5.41, 5.74) is 0.948. The number of hydrogen-bond acceptors (Lipinski definition) is 4. The predicted octanol–water partition coefficient (Wildman–Crippen LogP) is 1.58. The van der Waals surface area contributed by atoms with Gasteiger partial charge in [-0.15, -0.1) is 0 Å². The molecule has 98 valence electrons. The fraction of sp³-hybridized carbons (Fsp3) is 0.538. The number of rotatable bonds is 7. The Morgan fingerprint density at radius 1 is 1.67 bits per heavy atom. The van der Waals surface area contributed by atoms with E-state index in [0.29, 0.717) is 31.6 Å². The molecule has 2 rings (SSSR count). The van der Waals surface area contributed by atoms with Gasteiger partial charge in [0.1, 0.15) is 0 Å². The Hall–Kier alpha value is -1.62. The Morgan fingerprint density at radius 2 is 2.44 bits per heavy atom. The summed E-state index contributed by atoms with van der Waals surface area (Å²) in [6, 6.07) is 0.376. The number of hydrogen-bond donors (Lipinski definition) is 1. The summed E-state index contributed by atoms with van der Waals surface area (Å²) in [4.78, 5) is 16.1. The fourth-order valence-electron chi connectivity index (χ4n) is 1.67. The molecule has 0 spiro atoms. The minimum absolute atomic E-state index is 0.0418. The molecule has 1 aromatic heterocycles. The van der Waals surface area contributed by atoms with E-state index >= 15 is 0 Å². The number of aromatic nitrogens is 2. The minimum atomic E-state index is -0.0418. The molecular weight excluding hydrogens is 230 g/mol. The highest BCUT2D eigenvalue weighted by Crippen LogP contribution is 2.33. The van der Waals surface area contributed by atoms with Gasteiger partial charge in [0.05, 0.1) is 13.2 Å². The summed E-state index contributed by atoms with van der Waals surface area (Å²) in [7, 11) is 0. The van der Waals surface area contributed by atoms with Crippen LogP contribution in [0.25, 0.3) is 0 Å². The van der Waals surface area contributed by atoms with E-state index in [9.17, 15) is 4.79 Å². The smallest absolute Gasteiger partial charge is 0.293 e. The van der Waals surface area contributed by atoms with Crippen LogP contribution in [0.4, 0.5) is 5.82 Å². The second kappa shape index (κ2) is 5.82. The van der Waals surface area contributed by atoms with Gasteiger partial charge in [0.15, 0.2) is 5.82 Å². The Morgan fingerprint density at radius 3 is 3.11 bits per heavy atom. The molecule has 0 unspecified atom stereocenters. The molecule has 18 heavy (non-hydrogen) atoms. The van der Waals surface area contributed by atoms with Crippen LogP contribution in [0.5, 0.6) is 0 Å². The molecule has 1 aromatic rings. The van der Waals surface area contributed by atoms with Gasteiger partial charge in [0.25, 0.3) is 5.56 Å². The average molecular weight is 249 g/mol. The van der Waals surface area contributed by atoms with Crippen molar-refractivity contribution >= 4 is 5.82 Å². The van der Waals surface area contributed by atoms with Gasteiger partial charge in [-0.2, -0.15) is 0 Å². The Kier molecular flexibility index (Phi) is 4.15. The molecular formula is C13H19N3O2. The van der Waals surface area contributed by atoms with Gasteiger partial charge in [-0.3, -0.25) is 4.79 Å². The lowest BCUT2D eigenvalue weighted by molar-refractivity contribution is 0.167. The van der Waals surface area contributed by atoms with E-state index in [-0.39, 0.29) is 5.56 Å². The van der Waals surface area contributed by atoms with Crippen molar-refractivity contribution in [2.45, 2.75) is 25.8 Å². The maximum atomic E-state index is 12.0. The first-order valence-corrected chi connectivity index (χ1v) is 6.21. The normalized spacial score (nSPS) is 14.5. The monoisotopic (exact) mass is 249 g/mol. The Labute approximate surface area is 106 Å². The fourth-order valence-corrected chi connectivity index (χ4v) is 1.67. The predicted molar refractivity (Wildman–Crippen MR) is 70.9 cm³/mol. The van der Waals surface area contributed by atoms with E-state index < -0.39 is 0 Å². The molecule has 0 radical (unpaired) electrons. The molecule has 1 heterocycles. The second-order valence-corrected chi connectivity index (χ2v) is 4.66. The molecule has 1 fully saturated rings. The van der Waals surface area contributed by atoms with Gasteiger partial charge < -0.3 is 14.6 Å². The van der Waals surface area contributed by atoms with E-state index in [2.05, 4.69) is 16.9 Å². The lowest BCUT2D eigenvalue weighted by atomic mass is 10.4. The summed E-state index contributed by atoms with van der Waals surface area (Å²) >= 11 is 0. The molecule has 0 aromatic carbocycles. The van der Waals surface area contributed by atoms with Crippen molar-refractivity contribution < 1.29 is 4.74 Å². The van der Waals surface area contributed by atoms with E-state index in [1.165, 1.54) is 0 Å². The highest BCUT2D eigenvalue weighted by atomic mass is 16.5. The third-order valence-corrected chi connectivity index (χ3v) is 2.70. The largest absolute Gasteiger partial charge is 0.375 e. The number of ether oxygens (including phenoxy) is 1. The van der Waals surface area contributed by atoms with Crippen molar-refractivity contribution in [3.63, 3.8) is 0 Å². The van der Waals surface area contributed by atoms with Gasteiger partial charge in [-0.1, -0.05) is 12.2 Å². The van der Waals surface area contributed by atoms with Gasteiger partial charge in [0.2, 0.25) is 0 Å². The van der Waals surface area contributed by atoms with Crippen LogP contribution in [0.1, 0.15) is 25.8 Å². The van der Waals surface area contributed by atoms with Crippen molar-refractivity contribution in [3.8, 4) is 0 Å². The zero-order valence-corrected chi connectivity index (χ0v) is 10.7. The molecule has 0 atom stereocenters. The van der Waals surface area contributed by atoms with Crippen LogP contribution in [0, 0.1) is 0 Å². The van der Waals surface area contributed by atoms with Crippen molar-refractivity contribution in [1.82, 2.24) is 9.55 Å². The van der Waals surface area contributed by atoms with Crippen LogP contribution in [-0.2, 0) is 4.74 Å².